The van der Waals surface area contributed by atoms with Gasteiger partial charge in [-0.2, -0.15) is 18.3 Å². The van der Waals surface area contributed by atoms with Gasteiger partial charge in [0.25, 0.3) is 0 Å². The maximum Gasteiger partial charge on any atom is 0.418 e. The fraction of sp³-hybridized carbons (Fsp3) is 0.655. The third-order valence-corrected chi connectivity index (χ3v) is 9.33. The summed E-state index contributed by atoms with van der Waals surface area (Å²) in [6, 6.07) is 1.10. The zero-order chi connectivity index (χ0) is 27.3. The molecule has 3 aromatic rings. The number of alkyl halides is 3. The van der Waals surface area contributed by atoms with Gasteiger partial charge in [0, 0.05) is 49.7 Å². The highest BCUT2D eigenvalue weighted by atomic mass is 19.4. The third kappa shape index (κ3) is 5.17. The number of H-pyrrole nitrogens is 1. The summed E-state index contributed by atoms with van der Waals surface area (Å²) in [5.41, 5.74) is 1.67. The van der Waals surface area contributed by atoms with E-state index in [1.807, 2.05) is 13.1 Å². The maximum atomic E-state index is 14.3. The van der Waals surface area contributed by atoms with Crippen molar-refractivity contribution in [1.82, 2.24) is 24.1 Å². The second-order valence-electron chi connectivity index (χ2n) is 12.0. The van der Waals surface area contributed by atoms with Crippen LogP contribution in [0.4, 0.5) is 13.2 Å². The highest BCUT2D eigenvalue weighted by Gasteiger charge is 2.40. The van der Waals surface area contributed by atoms with Crippen LogP contribution in [0.25, 0.3) is 5.52 Å². The number of halogens is 3. The summed E-state index contributed by atoms with van der Waals surface area (Å²) in [5, 5.41) is 7.53. The molecule has 1 N–H and O–H groups in total. The minimum Gasteiger partial charge on any atom is -0.376 e. The normalized spacial score (nSPS) is 26.1. The first-order valence-electron chi connectivity index (χ1n) is 14.4. The summed E-state index contributed by atoms with van der Waals surface area (Å²) >= 11 is 0. The van der Waals surface area contributed by atoms with Gasteiger partial charge in [-0.05, 0) is 75.0 Å². The van der Waals surface area contributed by atoms with E-state index >= 15 is 0 Å². The first-order valence-corrected chi connectivity index (χ1v) is 14.4. The predicted molar refractivity (Wildman–Crippen MR) is 142 cm³/mol. The molecule has 7 nitrogen and oxygen atoms in total. The van der Waals surface area contributed by atoms with Crippen molar-refractivity contribution in [1.29, 1.82) is 0 Å². The van der Waals surface area contributed by atoms with Crippen LogP contribution in [0.1, 0.15) is 86.2 Å². The van der Waals surface area contributed by atoms with Crippen LogP contribution in [-0.2, 0) is 17.5 Å². The Balaban J connectivity index is 1.33. The van der Waals surface area contributed by atoms with Gasteiger partial charge in [0.15, 0.2) is 0 Å². The van der Waals surface area contributed by atoms with Crippen molar-refractivity contribution in [3.8, 4) is 0 Å². The summed E-state index contributed by atoms with van der Waals surface area (Å²) in [6.45, 7) is 6.25. The van der Waals surface area contributed by atoms with Gasteiger partial charge in [0.05, 0.1) is 30.0 Å². The van der Waals surface area contributed by atoms with Gasteiger partial charge in [-0.1, -0.05) is 12.8 Å². The number of nitrogens with zero attached hydrogens (tertiary/aromatic N) is 4. The molecular weight excluding hydrogens is 507 g/mol. The number of rotatable bonds is 6. The Morgan fingerprint density at radius 2 is 1.92 bits per heavy atom. The van der Waals surface area contributed by atoms with E-state index in [-0.39, 0.29) is 23.4 Å². The average molecular weight is 546 g/mol. The summed E-state index contributed by atoms with van der Waals surface area (Å²) in [7, 11) is 0. The van der Waals surface area contributed by atoms with E-state index in [9.17, 15) is 18.0 Å². The van der Waals surface area contributed by atoms with Crippen molar-refractivity contribution in [2.24, 2.45) is 11.8 Å². The number of imidazole rings is 1. The van der Waals surface area contributed by atoms with E-state index in [0.29, 0.717) is 49.6 Å². The Morgan fingerprint density at radius 3 is 2.59 bits per heavy atom. The van der Waals surface area contributed by atoms with Gasteiger partial charge < -0.3 is 4.74 Å². The Bertz CT molecular complexity index is 1370. The number of aryl methyl sites for hydroxylation is 1. The SMILES string of the molecule is Cc1cn[nH]c1[C@@H](C1CCC1)C1CCCC(n2cc3c(C(F)(F)F)cc(CN4CCO[C@H](C)C4)cn3c2=O)C1. The fourth-order valence-corrected chi connectivity index (χ4v) is 7.26. The molecule has 4 atom stereocenters. The Morgan fingerprint density at radius 1 is 1.15 bits per heavy atom. The number of pyridine rings is 1. The lowest BCUT2D eigenvalue weighted by atomic mass is 9.64. The molecule has 4 heterocycles. The molecule has 0 bridgehead atoms. The number of fused-ring (bicyclic) bond motifs is 1. The van der Waals surface area contributed by atoms with E-state index in [1.54, 1.807) is 10.8 Å². The first-order chi connectivity index (χ1) is 18.7. The highest BCUT2D eigenvalue weighted by Crippen LogP contribution is 2.49. The van der Waals surface area contributed by atoms with Crippen LogP contribution in [0, 0.1) is 18.8 Å². The van der Waals surface area contributed by atoms with Crippen LogP contribution in [0.15, 0.2) is 29.5 Å². The molecule has 0 aromatic carbocycles. The van der Waals surface area contributed by atoms with Crippen LogP contribution in [0.5, 0.6) is 0 Å². The monoisotopic (exact) mass is 545 g/mol. The molecule has 2 aliphatic carbocycles. The molecule has 39 heavy (non-hydrogen) atoms. The lowest BCUT2D eigenvalue weighted by molar-refractivity contribution is -0.136. The average Bonchev–Trinajstić information content (AvgIpc) is 3.43. The highest BCUT2D eigenvalue weighted by molar-refractivity contribution is 5.56. The van der Waals surface area contributed by atoms with Gasteiger partial charge in [-0.15, -0.1) is 0 Å². The van der Waals surface area contributed by atoms with Gasteiger partial charge >= 0.3 is 11.9 Å². The van der Waals surface area contributed by atoms with Gasteiger partial charge in [-0.3, -0.25) is 19.0 Å². The number of hydrogen-bond acceptors (Lipinski definition) is 4. The van der Waals surface area contributed by atoms with Crippen LogP contribution in [0.2, 0.25) is 0 Å². The van der Waals surface area contributed by atoms with Gasteiger partial charge in [-0.25, -0.2) is 4.79 Å². The van der Waals surface area contributed by atoms with E-state index < -0.39 is 11.7 Å². The zero-order valence-electron chi connectivity index (χ0n) is 22.7. The zero-order valence-corrected chi connectivity index (χ0v) is 22.7. The molecule has 10 heteroatoms. The number of aromatic nitrogens is 4. The molecular formula is C29H38F3N5O2. The lowest BCUT2D eigenvalue weighted by Gasteiger charge is -2.42. The molecule has 1 saturated heterocycles. The van der Waals surface area contributed by atoms with Crippen LogP contribution < -0.4 is 5.69 Å². The summed E-state index contributed by atoms with van der Waals surface area (Å²) in [6.07, 6.45) is 7.64. The molecule has 6 rings (SSSR count). The summed E-state index contributed by atoms with van der Waals surface area (Å²) in [5.74, 6) is 1.31. The first kappa shape index (κ1) is 26.6. The maximum absolute atomic E-state index is 14.3. The van der Waals surface area contributed by atoms with E-state index in [1.165, 1.54) is 41.6 Å². The van der Waals surface area contributed by atoms with Gasteiger partial charge in [0.2, 0.25) is 0 Å². The lowest BCUT2D eigenvalue weighted by Crippen LogP contribution is -2.40. The minimum absolute atomic E-state index is 0.0296. The Kier molecular flexibility index (Phi) is 7.12. The van der Waals surface area contributed by atoms with Crippen LogP contribution in [-0.4, -0.2) is 49.9 Å². The molecule has 3 aromatic heterocycles. The molecule has 0 spiro atoms. The number of hydrogen-bond donors (Lipinski definition) is 1. The number of ether oxygens (including phenoxy) is 1. The fourth-order valence-electron chi connectivity index (χ4n) is 7.26. The minimum atomic E-state index is -4.55. The third-order valence-electron chi connectivity index (χ3n) is 9.33. The van der Waals surface area contributed by atoms with Crippen LogP contribution >= 0.6 is 0 Å². The van der Waals surface area contributed by atoms with Crippen molar-refractivity contribution >= 4 is 5.52 Å². The van der Waals surface area contributed by atoms with Crippen molar-refractivity contribution in [3.05, 3.63) is 57.5 Å². The largest absolute Gasteiger partial charge is 0.418 e. The molecule has 212 valence electrons. The van der Waals surface area contributed by atoms with Crippen molar-refractivity contribution in [2.75, 3.05) is 19.7 Å². The van der Waals surface area contributed by atoms with E-state index in [0.717, 1.165) is 31.2 Å². The molecule has 0 amide bonds. The van der Waals surface area contributed by atoms with Crippen molar-refractivity contribution < 1.29 is 17.9 Å². The number of nitrogens with one attached hydrogen (secondary N) is 1. The van der Waals surface area contributed by atoms with E-state index in [4.69, 9.17) is 4.74 Å². The quantitative estimate of drug-likeness (QED) is 0.432. The van der Waals surface area contributed by atoms with Crippen molar-refractivity contribution in [3.63, 3.8) is 0 Å². The topological polar surface area (TPSA) is 67.6 Å². The second kappa shape index (κ2) is 10.4. The Labute approximate surface area is 226 Å². The molecule has 3 fully saturated rings. The number of morpholine rings is 1. The molecule has 2 saturated carbocycles. The standard InChI is InChI=1S/C29H38F3N5O2/c1-18-13-33-34-27(18)26(21-5-3-6-21)22-7-4-8-23(12-22)36-17-25-24(29(30,31)32)11-20(16-37(25)28(36)38)15-35-9-10-39-19(2)14-35/h11,13,16-17,19,21-23,26H,3-10,12,14-15H2,1-2H3,(H,33,34)/t19-,22?,23?,26+/m1/s1. The summed E-state index contributed by atoms with van der Waals surface area (Å²) < 4.78 is 51.2. The molecule has 0 radical (unpaired) electrons. The molecule has 1 aliphatic heterocycles. The number of aromatic amines is 1. The predicted octanol–water partition coefficient (Wildman–Crippen LogP) is 5.69. The summed E-state index contributed by atoms with van der Waals surface area (Å²) in [4.78, 5) is 15.8. The van der Waals surface area contributed by atoms with Gasteiger partial charge in [0.1, 0.15) is 0 Å². The van der Waals surface area contributed by atoms with Crippen LogP contribution in [0.3, 0.4) is 0 Å². The smallest absolute Gasteiger partial charge is 0.376 e. The second-order valence-corrected chi connectivity index (χ2v) is 12.0. The van der Waals surface area contributed by atoms with Crippen molar-refractivity contribution in [2.45, 2.75) is 89.6 Å². The Hall–Kier alpha value is -2.59. The van der Waals surface area contributed by atoms with E-state index in [2.05, 4.69) is 22.0 Å². The molecule has 2 unspecified atom stereocenters. The molecule has 3 aliphatic rings.